The summed E-state index contributed by atoms with van der Waals surface area (Å²) in [5.41, 5.74) is 7.70. The molecule has 0 spiro atoms. The molecule has 3 aromatic rings. The second-order valence-electron chi connectivity index (χ2n) is 6.42. The number of carbonyl (C=O) groups excluding carboxylic acids is 1. The fourth-order valence-corrected chi connectivity index (χ4v) is 2.77. The van der Waals surface area contributed by atoms with E-state index in [9.17, 15) is 14.7 Å². The van der Waals surface area contributed by atoms with E-state index in [1.807, 2.05) is 30.3 Å². The minimum atomic E-state index is -0.990. The summed E-state index contributed by atoms with van der Waals surface area (Å²) in [6, 6.07) is 13.0. The molecule has 3 rings (SSSR count). The van der Waals surface area contributed by atoms with E-state index in [1.165, 1.54) is 6.33 Å². The maximum Gasteiger partial charge on any atom is 0.312 e. The van der Waals surface area contributed by atoms with Gasteiger partial charge in [-0.25, -0.2) is 9.97 Å². The van der Waals surface area contributed by atoms with Crippen LogP contribution in [0.4, 0.5) is 5.82 Å². The number of imidazole rings is 1. The van der Waals surface area contributed by atoms with Crippen molar-refractivity contribution in [2.24, 2.45) is 0 Å². The Kier molecular flexibility index (Phi) is 6.01. The number of nitrogens with two attached hydrogens (primary N) is 1. The Morgan fingerprint density at radius 1 is 1.11 bits per heavy atom. The summed E-state index contributed by atoms with van der Waals surface area (Å²) < 4.78 is 1.58. The van der Waals surface area contributed by atoms with Crippen LogP contribution >= 0.6 is 0 Å². The number of nitrogens with one attached hydrogen (secondary N) is 1. The lowest BCUT2D eigenvalue weighted by molar-refractivity contribution is -0.138. The SMILES string of the molecule is Nc1ccc(CC(C(=O)O)c2cn(CC(=O)NCc3ccccc3)cn2)cn1. The molecule has 0 bridgehead atoms. The lowest BCUT2D eigenvalue weighted by atomic mass is 9.98. The third-order valence-electron chi connectivity index (χ3n) is 4.25. The van der Waals surface area contributed by atoms with Gasteiger partial charge >= 0.3 is 5.97 Å². The van der Waals surface area contributed by atoms with Gasteiger partial charge in [0.1, 0.15) is 18.3 Å². The number of nitrogens with zero attached hydrogens (tertiary/aromatic N) is 3. The first kappa shape index (κ1) is 19.1. The quantitative estimate of drug-likeness (QED) is 0.546. The number of amides is 1. The first-order valence-electron chi connectivity index (χ1n) is 8.77. The highest BCUT2D eigenvalue weighted by atomic mass is 16.4. The fraction of sp³-hybridized carbons (Fsp3) is 0.200. The molecule has 8 heteroatoms. The number of carboxylic acids is 1. The first-order valence-corrected chi connectivity index (χ1v) is 8.77. The molecule has 1 aromatic carbocycles. The van der Waals surface area contributed by atoms with Gasteiger partial charge in [-0.3, -0.25) is 9.59 Å². The van der Waals surface area contributed by atoms with Crippen LogP contribution in [0, 0.1) is 0 Å². The average molecular weight is 379 g/mol. The predicted octanol–water partition coefficient (Wildman–Crippen LogP) is 1.59. The molecule has 2 heterocycles. The van der Waals surface area contributed by atoms with Crippen LogP contribution in [0.2, 0.25) is 0 Å². The van der Waals surface area contributed by atoms with Crippen molar-refractivity contribution in [3.8, 4) is 0 Å². The molecule has 8 nitrogen and oxygen atoms in total. The molecule has 144 valence electrons. The minimum absolute atomic E-state index is 0.0651. The monoisotopic (exact) mass is 379 g/mol. The molecule has 2 aromatic heterocycles. The molecule has 1 unspecified atom stereocenters. The first-order chi connectivity index (χ1) is 13.5. The Bertz CT molecular complexity index is 938. The number of rotatable bonds is 8. The predicted molar refractivity (Wildman–Crippen MR) is 103 cm³/mol. The molecule has 28 heavy (non-hydrogen) atoms. The summed E-state index contributed by atoms with van der Waals surface area (Å²) >= 11 is 0. The molecule has 1 atom stereocenters. The third-order valence-corrected chi connectivity index (χ3v) is 4.25. The van der Waals surface area contributed by atoms with E-state index in [4.69, 9.17) is 5.73 Å². The number of aliphatic carboxylic acids is 1. The van der Waals surface area contributed by atoms with Gasteiger partial charge in [0.15, 0.2) is 0 Å². The topological polar surface area (TPSA) is 123 Å². The largest absolute Gasteiger partial charge is 0.481 e. The van der Waals surface area contributed by atoms with Gasteiger partial charge < -0.3 is 20.7 Å². The highest BCUT2D eigenvalue weighted by Gasteiger charge is 2.23. The van der Waals surface area contributed by atoms with E-state index in [2.05, 4.69) is 15.3 Å². The second-order valence-corrected chi connectivity index (χ2v) is 6.42. The molecule has 0 aliphatic rings. The summed E-state index contributed by atoms with van der Waals surface area (Å²) in [6.07, 6.45) is 4.85. The van der Waals surface area contributed by atoms with Crippen molar-refractivity contribution >= 4 is 17.7 Å². The van der Waals surface area contributed by atoms with Crippen molar-refractivity contribution in [3.05, 3.63) is 78.0 Å². The van der Waals surface area contributed by atoms with Crippen LogP contribution in [-0.2, 0) is 29.1 Å². The van der Waals surface area contributed by atoms with E-state index in [0.717, 1.165) is 11.1 Å². The second kappa shape index (κ2) is 8.81. The zero-order chi connectivity index (χ0) is 19.9. The zero-order valence-electron chi connectivity index (χ0n) is 15.2. The van der Waals surface area contributed by atoms with Crippen molar-refractivity contribution in [3.63, 3.8) is 0 Å². The highest BCUT2D eigenvalue weighted by Crippen LogP contribution is 2.20. The summed E-state index contributed by atoms with van der Waals surface area (Å²) in [6.45, 7) is 0.499. The Morgan fingerprint density at radius 2 is 1.89 bits per heavy atom. The zero-order valence-corrected chi connectivity index (χ0v) is 15.2. The Hall–Kier alpha value is -3.68. The van der Waals surface area contributed by atoms with Gasteiger partial charge in [-0.15, -0.1) is 0 Å². The summed E-state index contributed by atoms with van der Waals surface area (Å²) in [5, 5.41) is 12.4. The average Bonchev–Trinajstić information content (AvgIpc) is 3.14. The van der Waals surface area contributed by atoms with Gasteiger partial charge in [-0.1, -0.05) is 36.4 Å². The number of nitrogen functional groups attached to an aromatic ring is 1. The van der Waals surface area contributed by atoms with Crippen LogP contribution in [0.25, 0.3) is 0 Å². The fourth-order valence-electron chi connectivity index (χ4n) is 2.77. The smallest absolute Gasteiger partial charge is 0.312 e. The summed E-state index contributed by atoms with van der Waals surface area (Å²) in [5.74, 6) is -1.63. The van der Waals surface area contributed by atoms with Crippen LogP contribution in [0.15, 0.2) is 61.2 Å². The van der Waals surface area contributed by atoms with Crippen molar-refractivity contribution < 1.29 is 14.7 Å². The van der Waals surface area contributed by atoms with Gasteiger partial charge in [0, 0.05) is 18.9 Å². The number of aromatic nitrogens is 3. The Balaban J connectivity index is 1.61. The number of benzene rings is 1. The lowest BCUT2D eigenvalue weighted by Crippen LogP contribution is -2.26. The van der Waals surface area contributed by atoms with Gasteiger partial charge in [-0.2, -0.15) is 0 Å². The molecule has 0 aliphatic carbocycles. The van der Waals surface area contributed by atoms with E-state index in [-0.39, 0.29) is 18.9 Å². The number of anilines is 1. The molecule has 0 saturated carbocycles. The van der Waals surface area contributed by atoms with Gasteiger partial charge in [-0.05, 0) is 23.6 Å². The molecular weight excluding hydrogens is 358 g/mol. The van der Waals surface area contributed by atoms with Gasteiger partial charge in [0.05, 0.1) is 12.0 Å². The van der Waals surface area contributed by atoms with Crippen LogP contribution in [0.5, 0.6) is 0 Å². The molecular formula is C20H21N5O3. The Labute approximate surface area is 162 Å². The van der Waals surface area contributed by atoms with E-state index in [0.29, 0.717) is 18.1 Å². The number of hydrogen-bond donors (Lipinski definition) is 3. The third kappa shape index (κ3) is 5.16. The molecule has 1 amide bonds. The maximum atomic E-state index is 12.1. The van der Waals surface area contributed by atoms with Crippen LogP contribution in [-0.4, -0.2) is 31.5 Å². The van der Waals surface area contributed by atoms with Crippen molar-refractivity contribution in [1.29, 1.82) is 0 Å². The van der Waals surface area contributed by atoms with Gasteiger partial charge in [0.25, 0.3) is 0 Å². The van der Waals surface area contributed by atoms with E-state index >= 15 is 0 Å². The molecule has 0 fully saturated rings. The molecule has 0 saturated heterocycles. The molecule has 4 N–H and O–H groups in total. The maximum absolute atomic E-state index is 12.1. The highest BCUT2D eigenvalue weighted by molar-refractivity contribution is 5.77. The normalized spacial score (nSPS) is 11.7. The molecule has 0 aliphatic heterocycles. The van der Waals surface area contributed by atoms with Crippen LogP contribution in [0.1, 0.15) is 22.7 Å². The summed E-state index contributed by atoms with van der Waals surface area (Å²) in [7, 11) is 0. The minimum Gasteiger partial charge on any atom is -0.481 e. The van der Waals surface area contributed by atoms with Crippen molar-refractivity contribution in [1.82, 2.24) is 19.9 Å². The van der Waals surface area contributed by atoms with Crippen LogP contribution < -0.4 is 11.1 Å². The number of hydrogen-bond acceptors (Lipinski definition) is 5. The van der Waals surface area contributed by atoms with Crippen LogP contribution in [0.3, 0.4) is 0 Å². The number of carbonyl (C=O) groups is 2. The number of carboxylic acid groups (broad SMARTS) is 1. The van der Waals surface area contributed by atoms with Crippen molar-refractivity contribution in [2.45, 2.75) is 25.4 Å². The van der Waals surface area contributed by atoms with Gasteiger partial charge in [0.2, 0.25) is 5.91 Å². The van der Waals surface area contributed by atoms with Crippen molar-refractivity contribution in [2.75, 3.05) is 5.73 Å². The Morgan fingerprint density at radius 3 is 2.57 bits per heavy atom. The lowest BCUT2D eigenvalue weighted by Gasteiger charge is -2.10. The summed E-state index contributed by atoms with van der Waals surface area (Å²) in [4.78, 5) is 32.0. The van der Waals surface area contributed by atoms with E-state index < -0.39 is 11.9 Å². The standard InChI is InChI=1S/C20H21N5O3/c21-18-7-6-15(10-22-18)8-16(20(27)28)17-11-25(13-24-17)12-19(26)23-9-14-4-2-1-3-5-14/h1-7,10-11,13,16H,8-9,12H2,(H2,21,22)(H,23,26)(H,27,28). The number of pyridine rings is 1. The molecule has 0 radical (unpaired) electrons. The van der Waals surface area contributed by atoms with E-state index in [1.54, 1.807) is 29.1 Å².